The van der Waals surface area contributed by atoms with Crippen molar-refractivity contribution in [1.29, 1.82) is 0 Å². The molecule has 1 aromatic heterocycles. The average molecular weight is 183 g/mol. The van der Waals surface area contributed by atoms with Crippen molar-refractivity contribution in [3.8, 4) is 0 Å². The Labute approximate surface area is 76.0 Å². The summed E-state index contributed by atoms with van der Waals surface area (Å²) >= 11 is 1.74. The van der Waals surface area contributed by atoms with Crippen LogP contribution < -0.4 is 5.73 Å². The zero-order chi connectivity index (χ0) is 8.39. The molecule has 0 bridgehead atoms. The lowest BCUT2D eigenvalue weighted by molar-refractivity contribution is 0.416. The molecule has 0 radical (unpaired) electrons. The summed E-state index contributed by atoms with van der Waals surface area (Å²) in [7, 11) is 0. The van der Waals surface area contributed by atoms with Crippen LogP contribution in [-0.2, 0) is 6.42 Å². The predicted molar refractivity (Wildman–Crippen MR) is 49.3 cm³/mol. The minimum atomic E-state index is 0.680. The van der Waals surface area contributed by atoms with Gasteiger partial charge in [-0.1, -0.05) is 6.42 Å². The van der Waals surface area contributed by atoms with Crippen molar-refractivity contribution in [2.24, 2.45) is 5.73 Å². The van der Waals surface area contributed by atoms with E-state index < -0.39 is 0 Å². The van der Waals surface area contributed by atoms with E-state index in [9.17, 15) is 0 Å². The van der Waals surface area contributed by atoms with Crippen LogP contribution in [0.4, 0.5) is 0 Å². The fraction of sp³-hybridized carbons (Fsp3) is 0.750. The first kappa shape index (κ1) is 8.13. The maximum atomic E-state index is 5.43. The van der Waals surface area contributed by atoms with Crippen LogP contribution >= 0.6 is 11.3 Å². The molecular weight excluding hydrogens is 170 g/mol. The lowest BCUT2D eigenvalue weighted by atomic mass is 9.86. The van der Waals surface area contributed by atoms with Gasteiger partial charge in [-0.25, -0.2) is 0 Å². The Morgan fingerprint density at radius 3 is 2.83 bits per heavy atom. The zero-order valence-corrected chi connectivity index (χ0v) is 7.81. The van der Waals surface area contributed by atoms with Gasteiger partial charge in [0.2, 0.25) is 0 Å². The first-order valence-electron chi connectivity index (χ1n) is 4.42. The first-order chi connectivity index (χ1) is 5.90. The maximum absolute atomic E-state index is 5.43. The molecule has 0 saturated heterocycles. The van der Waals surface area contributed by atoms with Crippen LogP contribution in [0.3, 0.4) is 0 Å². The third-order valence-electron chi connectivity index (χ3n) is 2.30. The molecule has 0 spiro atoms. The molecule has 2 N–H and O–H groups in total. The van der Waals surface area contributed by atoms with Crippen molar-refractivity contribution < 1.29 is 0 Å². The highest BCUT2D eigenvalue weighted by atomic mass is 32.1. The largest absolute Gasteiger partial charge is 0.330 e. The SMILES string of the molecule is NCCc1nnc(C2CCC2)s1. The Bertz CT molecular complexity index is 255. The fourth-order valence-corrected chi connectivity index (χ4v) is 2.34. The molecule has 1 aliphatic rings. The predicted octanol–water partition coefficient (Wildman–Crippen LogP) is 1.31. The summed E-state index contributed by atoms with van der Waals surface area (Å²) in [6, 6.07) is 0. The molecule has 3 nitrogen and oxygen atoms in total. The van der Waals surface area contributed by atoms with E-state index in [4.69, 9.17) is 5.73 Å². The highest BCUT2D eigenvalue weighted by Crippen LogP contribution is 2.37. The van der Waals surface area contributed by atoms with Gasteiger partial charge in [0.05, 0.1) is 0 Å². The number of nitrogens with zero attached hydrogens (tertiary/aromatic N) is 2. The van der Waals surface area contributed by atoms with Gasteiger partial charge in [0.15, 0.2) is 0 Å². The number of hydrogen-bond acceptors (Lipinski definition) is 4. The van der Waals surface area contributed by atoms with E-state index in [0.717, 1.165) is 11.4 Å². The summed E-state index contributed by atoms with van der Waals surface area (Å²) in [4.78, 5) is 0. The van der Waals surface area contributed by atoms with Crippen LogP contribution in [0.2, 0.25) is 0 Å². The summed E-state index contributed by atoms with van der Waals surface area (Å²) in [6.07, 6.45) is 4.84. The van der Waals surface area contributed by atoms with E-state index in [1.165, 1.54) is 24.3 Å². The summed E-state index contributed by atoms with van der Waals surface area (Å²) < 4.78 is 0. The average Bonchev–Trinajstić information content (AvgIpc) is 2.34. The monoisotopic (exact) mass is 183 g/mol. The summed E-state index contributed by atoms with van der Waals surface area (Å²) in [5, 5.41) is 10.6. The van der Waals surface area contributed by atoms with Gasteiger partial charge in [0.1, 0.15) is 10.0 Å². The van der Waals surface area contributed by atoms with Crippen LogP contribution in [0.5, 0.6) is 0 Å². The molecule has 1 heterocycles. The molecule has 0 atom stereocenters. The Morgan fingerprint density at radius 1 is 1.42 bits per heavy atom. The van der Waals surface area contributed by atoms with Crippen LogP contribution in [0.25, 0.3) is 0 Å². The Kier molecular flexibility index (Phi) is 2.37. The third kappa shape index (κ3) is 1.49. The minimum Gasteiger partial charge on any atom is -0.330 e. The second-order valence-electron chi connectivity index (χ2n) is 3.20. The molecule has 1 fully saturated rings. The van der Waals surface area contributed by atoms with Crippen molar-refractivity contribution in [2.45, 2.75) is 31.6 Å². The zero-order valence-electron chi connectivity index (χ0n) is 6.99. The van der Waals surface area contributed by atoms with Crippen molar-refractivity contribution in [3.63, 3.8) is 0 Å². The molecule has 1 saturated carbocycles. The third-order valence-corrected chi connectivity index (χ3v) is 3.44. The van der Waals surface area contributed by atoms with Crippen LogP contribution in [0, 0.1) is 0 Å². The van der Waals surface area contributed by atoms with Gasteiger partial charge in [-0.2, -0.15) is 0 Å². The van der Waals surface area contributed by atoms with Gasteiger partial charge in [-0.15, -0.1) is 21.5 Å². The van der Waals surface area contributed by atoms with Gasteiger partial charge in [0, 0.05) is 12.3 Å². The lowest BCUT2D eigenvalue weighted by Gasteiger charge is -2.21. The Hall–Kier alpha value is -0.480. The second-order valence-corrected chi connectivity index (χ2v) is 4.29. The molecule has 0 unspecified atom stereocenters. The van der Waals surface area contributed by atoms with Gasteiger partial charge in [-0.05, 0) is 19.4 Å². The number of nitrogens with two attached hydrogens (primary N) is 1. The molecule has 12 heavy (non-hydrogen) atoms. The van der Waals surface area contributed by atoms with Crippen LogP contribution in [0.15, 0.2) is 0 Å². The summed E-state index contributed by atoms with van der Waals surface area (Å²) in [5.74, 6) is 0.717. The van der Waals surface area contributed by atoms with Crippen molar-refractivity contribution in [1.82, 2.24) is 10.2 Å². The molecule has 2 rings (SSSR count). The molecule has 0 amide bonds. The second kappa shape index (κ2) is 3.49. The number of rotatable bonds is 3. The number of aromatic nitrogens is 2. The van der Waals surface area contributed by atoms with Crippen LogP contribution in [-0.4, -0.2) is 16.7 Å². The van der Waals surface area contributed by atoms with Crippen LogP contribution in [0.1, 0.15) is 35.2 Å². The van der Waals surface area contributed by atoms with Crippen molar-refractivity contribution in [2.75, 3.05) is 6.54 Å². The minimum absolute atomic E-state index is 0.680. The van der Waals surface area contributed by atoms with E-state index in [2.05, 4.69) is 10.2 Å². The van der Waals surface area contributed by atoms with Gasteiger partial charge >= 0.3 is 0 Å². The van der Waals surface area contributed by atoms with E-state index in [0.29, 0.717) is 12.5 Å². The Balaban J connectivity index is 2.02. The van der Waals surface area contributed by atoms with E-state index in [1.807, 2.05) is 0 Å². The molecule has 0 aromatic carbocycles. The summed E-state index contributed by atoms with van der Waals surface area (Å²) in [6.45, 7) is 0.680. The van der Waals surface area contributed by atoms with Gasteiger partial charge in [0.25, 0.3) is 0 Å². The Morgan fingerprint density at radius 2 is 2.25 bits per heavy atom. The standard InChI is InChI=1S/C8H13N3S/c9-5-4-7-10-11-8(12-7)6-2-1-3-6/h6H,1-5,9H2. The highest BCUT2D eigenvalue weighted by Gasteiger charge is 2.23. The molecule has 0 aliphatic heterocycles. The normalized spacial score (nSPS) is 17.8. The van der Waals surface area contributed by atoms with Gasteiger partial charge < -0.3 is 5.73 Å². The van der Waals surface area contributed by atoms with Gasteiger partial charge in [-0.3, -0.25) is 0 Å². The van der Waals surface area contributed by atoms with E-state index in [1.54, 1.807) is 11.3 Å². The van der Waals surface area contributed by atoms with Crippen molar-refractivity contribution in [3.05, 3.63) is 10.0 Å². The maximum Gasteiger partial charge on any atom is 0.120 e. The smallest absolute Gasteiger partial charge is 0.120 e. The first-order valence-corrected chi connectivity index (χ1v) is 5.24. The van der Waals surface area contributed by atoms with E-state index in [-0.39, 0.29) is 0 Å². The van der Waals surface area contributed by atoms with E-state index >= 15 is 0 Å². The van der Waals surface area contributed by atoms with Crippen molar-refractivity contribution >= 4 is 11.3 Å². The summed E-state index contributed by atoms with van der Waals surface area (Å²) in [5.41, 5.74) is 5.43. The lowest BCUT2D eigenvalue weighted by Crippen LogP contribution is -2.07. The topological polar surface area (TPSA) is 51.8 Å². The molecule has 1 aliphatic carbocycles. The molecule has 4 heteroatoms. The molecule has 66 valence electrons. The molecule has 1 aromatic rings. The fourth-order valence-electron chi connectivity index (χ4n) is 1.31. The quantitative estimate of drug-likeness (QED) is 0.768. The number of hydrogen-bond donors (Lipinski definition) is 1. The molecular formula is C8H13N3S. The highest BCUT2D eigenvalue weighted by molar-refractivity contribution is 7.11.